The van der Waals surface area contributed by atoms with Crippen molar-refractivity contribution >= 4 is 5.91 Å². The zero-order valence-corrected chi connectivity index (χ0v) is 20.3. The van der Waals surface area contributed by atoms with Crippen molar-refractivity contribution in [2.45, 2.75) is 6.42 Å². The number of aromatic hydroxyl groups is 1. The Morgan fingerprint density at radius 2 is 1.66 bits per heavy atom. The monoisotopic (exact) mass is 477 g/mol. The fourth-order valence-corrected chi connectivity index (χ4v) is 3.68. The maximum atomic E-state index is 12.8. The lowest BCUT2D eigenvalue weighted by Crippen LogP contribution is -2.52. The molecular formula is C27H31N3O5. The molecule has 1 aromatic heterocycles. The van der Waals surface area contributed by atoms with Crippen LogP contribution in [0.1, 0.15) is 21.6 Å². The van der Waals surface area contributed by atoms with Crippen LogP contribution in [0.4, 0.5) is 0 Å². The van der Waals surface area contributed by atoms with E-state index >= 15 is 0 Å². The zero-order valence-electron chi connectivity index (χ0n) is 20.3. The number of benzene rings is 2. The summed E-state index contributed by atoms with van der Waals surface area (Å²) in [5.41, 5.74) is 1.73. The number of pyridine rings is 1. The first kappa shape index (κ1) is 25.6. The minimum absolute atomic E-state index is 0.0225. The van der Waals surface area contributed by atoms with Crippen LogP contribution in [0.3, 0.4) is 0 Å². The molecule has 0 saturated carbocycles. The van der Waals surface area contributed by atoms with Crippen molar-refractivity contribution in [3.63, 3.8) is 0 Å². The fraction of sp³-hybridized carbons (Fsp3) is 0.259. The van der Waals surface area contributed by atoms with Gasteiger partial charge in [0, 0.05) is 46.5 Å². The number of hydrogen-bond donors (Lipinski definition) is 1. The lowest BCUT2D eigenvalue weighted by Gasteiger charge is -2.36. The molecule has 0 fully saturated rings. The smallest absolute Gasteiger partial charge is 0.278 e. The SMILES string of the molecule is CN1CN(C/C=C\COc2ccccc2Cc2ccccc2)C(=O)c2c(O)c(=O)ccn21.COC. The molecule has 0 saturated heterocycles. The van der Waals surface area contributed by atoms with Crippen molar-refractivity contribution in [1.82, 2.24) is 9.58 Å². The van der Waals surface area contributed by atoms with Gasteiger partial charge in [-0.2, -0.15) is 0 Å². The Morgan fingerprint density at radius 1 is 0.971 bits per heavy atom. The summed E-state index contributed by atoms with van der Waals surface area (Å²) in [6, 6.07) is 19.4. The highest BCUT2D eigenvalue weighted by Crippen LogP contribution is 2.22. The third-order valence-electron chi connectivity index (χ3n) is 5.32. The number of carbonyl (C=O) groups is 1. The molecule has 1 amide bonds. The molecule has 184 valence electrons. The van der Waals surface area contributed by atoms with E-state index in [-0.39, 0.29) is 5.69 Å². The molecule has 0 spiro atoms. The van der Waals surface area contributed by atoms with E-state index in [2.05, 4.69) is 22.9 Å². The van der Waals surface area contributed by atoms with Gasteiger partial charge in [0.25, 0.3) is 5.91 Å². The van der Waals surface area contributed by atoms with E-state index in [1.54, 1.807) is 31.2 Å². The predicted molar refractivity (Wildman–Crippen MR) is 136 cm³/mol. The third kappa shape index (κ3) is 6.51. The van der Waals surface area contributed by atoms with Crippen molar-refractivity contribution in [3.05, 3.63) is 106 Å². The molecule has 0 aliphatic carbocycles. The van der Waals surface area contributed by atoms with Crippen LogP contribution in [0.5, 0.6) is 11.5 Å². The third-order valence-corrected chi connectivity index (χ3v) is 5.32. The quantitative estimate of drug-likeness (QED) is 0.527. The molecular weight excluding hydrogens is 446 g/mol. The van der Waals surface area contributed by atoms with E-state index in [4.69, 9.17) is 4.74 Å². The molecule has 1 aliphatic heterocycles. The average Bonchev–Trinajstić information content (AvgIpc) is 2.85. The van der Waals surface area contributed by atoms with E-state index in [9.17, 15) is 14.7 Å². The molecule has 8 heteroatoms. The Morgan fingerprint density at radius 3 is 2.40 bits per heavy atom. The van der Waals surface area contributed by atoms with E-state index in [0.29, 0.717) is 19.8 Å². The second kappa shape index (κ2) is 12.4. The van der Waals surface area contributed by atoms with Gasteiger partial charge < -0.3 is 19.5 Å². The second-order valence-electron chi connectivity index (χ2n) is 8.01. The number of hydrogen-bond acceptors (Lipinski definition) is 6. The Kier molecular flexibility index (Phi) is 9.09. The van der Waals surface area contributed by atoms with Crippen molar-refractivity contribution < 1.29 is 19.4 Å². The van der Waals surface area contributed by atoms with Crippen molar-refractivity contribution in [2.75, 3.05) is 46.1 Å². The molecule has 35 heavy (non-hydrogen) atoms. The van der Waals surface area contributed by atoms with Gasteiger partial charge in [0.2, 0.25) is 5.43 Å². The average molecular weight is 478 g/mol. The molecule has 0 atom stereocenters. The summed E-state index contributed by atoms with van der Waals surface area (Å²) in [5.74, 6) is -0.0959. The maximum Gasteiger partial charge on any atom is 0.278 e. The van der Waals surface area contributed by atoms with Crippen LogP contribution < -0.4 is 15.2 Å². The number of carbonyl (C=O) groups excluding carboxylic acids is 1. The fourth-order valence-electron chi connectivity index (χ4n) is 3.68. The van der Waals surface area contributed by atoms with E-state index in [1.165, 1.54) is 22.5 Å². The number of fused-ring (bicyclic) bond motifs is 1. The second-order valence-corrected chi connectivity index (χ2v) is 8.01. The molecule has 2 heterocycles. The van der Waals surface area contributed by atoms with Crippen molar-refractivity contribution in [2.24, 2.45) is 0 Å². The molecule has 1 aliphatic rings. The molecule has 4 rings (SSSR count). The Bertz CT molecular complexity index is 1210. The summed E-state index contributed by atoms with van der Waals surface area (Å²) >= 11 is 0. The van der Waals surface area contributed by atoms with E-state index in [0.717, 1.165) is 17.7 Å². The van der Waals surface area contributed by atoms with E-state index < -0.39 is 17.1 Å². The molecule has 0 bridgehead atoms. The summed E-state index contributed by atoms with van der Waals surface area (Å²) in [5, 5.41) is 11.8. The number of methoxy groups -OCH3 is 1. The van der Waals surface area contributed by atoms with E-state index in [1.807, 2.05) is 48.6 Å². The summed E-state index contributed by atoms with van der Waals surface area (Å²) in [4.78, 5) is 26.0. The van der Waals surface area contributed by atoms with Gasteiger partial charge in [0.15, 0.2) is 11.4 Å². The zero-order chi connectivity index (χ0) is 25.2. The first-order chi connectivity index (χ1) is 17.0. The molecule has 2 aromatic carbocycles. The lowest BCUT2D eigenvalue weighted by molar-refractivity contribution is 0.0714. The first-order valence-corrected chi connectivity index (χ1v) is 11.2. The normalized spacial score (nSPS) is 12.8. The summed E-state index contributed by atoms with van der Waals surface area (Å²) in [6.45, 7) is 1.03. The summed E-state index contributed by atoms with van der Waals surface area (Å²) in [6.07, 6.45) is 5.99. The molecule has 0 radical (unpaired) electrons. The van der Waals surface area contributed by atoms with Crippen molar-refractivity contribution in [1.29, 1.82) is 0 Å². The highest BCUT2D eigenvalue weighted by atomic mass is 16.5. The van der Waals surface area contributed by atoms with Gasteiger partial charge in [0.05, 0.1) is 0 Å². The maximum absolute atomic E-state index is 12.8. The number of ether oxygens (including phenoxy) is 2. The minimum atomic E-state index is -0.571. The van der Waals surface area contributed by atoms with Crippen LogP contribution in [0.15, 0.2) is 83.8 Å². The van der Waals surface area contributed by atoms with Crippen LogP contribution in [-0.2, 0) is 11.2 Å². The molecule has 3 aromatic rings. The number of para-hydroxylation sites is 1. The van der Waals surface area contributed by atoms with Gasteiger partial charge in [-0.15, -0.1) is 0 Å². The van der Waals surface area contributed by atoms with Crippen LogP contribution in [0.2, 0.25) is 0 Å². The van der Waals surface area contributed by atoms with Gasteiger partial charge in [0.1, 0.15) is 19.0 Å². The van der Waals surface area contributed by atoms with Crippen LogP contribution >= 0.6 is 0 Å². The van der Waals surface area contributed by atoms with Crippen LogP contribution in [0, 0.1) is 0 Å². The van der Waals surface area contributed by atoms with Gasteiger partial charge in [-0.3, -0.25) is 19.3 Å². The Balaban J connectivity index is 0.00000108. The first-order valence-electron chi connectivity index (χ1n) is 11.2. The highest BCUT2D eigenvalue weighted by molar-refractivity contribution is 5.96. The minimum Gasteiger partial charge on any atom is -0.502 e. The summed E-state index contributed by atoms with van der Waals surface area (Å²) < 4.78 is 11.7. The number of nitrogens with zero attached hydrogens (tertiary/aromatic N) is 3. The topological polar surface area (TPSA) is 84.2 Å². The summed E-state index contributed by atoms with van der Waals surface area (Å²) in [7, 11) is 5.03. The lowest BCUT2D eigenvalue weighted by atomic mass is 10.0. The van der Waals surface area contributed by atoms with Crippen molar-refractivity contribution in [3.8, 4) is 11.5 Å². The number of amides is 1. The van der Waals surface area contributed by atoms with Gasteiger partial charge in [-0.25, -0.2) is 0 Å². The number of aromatic nitrogens is 1. The van der Waals surface area contributed by atoms with Crippen LogP contribution in [-0.4, -0.2) is 61.7 Å². The van der Waals surface area contributed by atoms with Gasteiger partial charge in [-0.1, -0.05) is 54.6 Å². The standard InChI is InChI=1S/C25H25N3O4.C2H6O/c1-26-18-27(25(31)23-24(30)21(29)13-15-28(23)26)14-7-8-16-32-22-12-6-5-11-20(22)17-19-9-3-2-4-10-19;1-3-2/h2-13,15,30H,14,16-18H2,1H3;1-2H3/b8-7-;. The Labute approximate surface area is 205 Å². The van der Waals surface area contributed by atoms with Crippen LogP contribution in [0.25, 0.3) is 0 Å². The Hall–Kier alpha value is -4.04. The predicted octanol–water partition coefficient (Wildman–Crippen LogP) is 3.02. The highest BCUT2D eigenvalue weighted by Gasteiger charge is 2.29. The van der Waals surface area contributed by atoms with Gasteiger partial charge in [-0.05, 0) is 23.3 Å². The van der Waals surface area contributed by atoms with Gasteiger partial charge >= 0.3 is 0 Å². The molecule has 1 N–H and O–H groups in total. The molecule has 8 nitrogen and oxygen atoms in total. The molecule has 0 unspecified atom stereocenters. The number of rotatable bonds is 7. The largest absolute Gasteiger partial charge is 0.502 e.